The molecule has 3 N–H and O–H groups in total. The molecule has 0 aliphatic rings. The van der Waals surface area contributed by atoms with Gasteiger partial charge in [0.15, 0.2) is 0 Å². The van der Waals surface area contributed by atoms with Crippen molar-refractivity contribution in [1.82, 2.24) is 16.0 Å². The number of hydrogen-bond acceptors (Lipinski definition) is 6. The second kappa shape index (κ2) is 11.2. The molecule has 1 aromatic carbocycles. The van der Waals surface area contributed by atoms with E-state index < -0.39 is 47.6 Å². The molecule has 3 amide bonds. The predicted octanol–water partition coefficient (Wildman–Crippen LogP) is 1.65. The van der Waals surface area contributed by atoms with E-state index in [2.05, 4.69) is 16.0 Å². The molecule has 1 rings (SSSR count). The van der Waals surface area contributed by atoms with Crippen LogP contribution in [0.25, 0.3) is 0 Å². The van der Waals surface area contributed by atoms with Gasteiger partial charge in [0.25, 0.3) is 0 Å². The number of carbonyl (C=O) groups is 4. The van der Waals surface area contributed by atoms with E-state index in [1.165, 1.54) is 20.8 Å². The van der Waals surface area contributed by atoms with Crippen LogP contribution in [0, 0.1) is 0 Å². The molecule has 9 heteroatoms. The molecule has 166 valence electrons. The van der Waals surface area contributed by atoms with Gasteiger partial charge in [-0.25, -0.2) is 9.59 Å². The van der Waals surface area contributed by atoms with E-state index in [1.54, 1.807) is 20.8 Å². The van der Waals surface area contributed by atoms with Gasteiger partial charge in [0.05, 0.1) is 0 Å². The Balaban J connectivity index is 2.44. The van der Waals surface area contributed by atoms with E-state index in [1.807, 2.05) is 30.3 Å². The summed E-state index contributed by atoms with van der Waals surface area (Å²) in [5, 5.41) is 7.36. The highest BCUT2D eigenvalue weighted by atomic mass is 16.6. The normalized spacial score (nSPS) is 13.9. The van der Waals surface area contributed by atoms with Gasteiger partial charge in [0.2, 0.25) is 11.8 Å². The maximum atomic E-state index is 12.3. The Labute approximate surface area is 176 Å². The molecule has 9 nitrogen and oxygen atoms in total. The molecule has 0 fully saturated rings. The lowest BCUT2D eigenvalue weighted by molar-refractivity contribution is -0.148. The molecule has 3 atom stereocenters. The molecule has 0 radical (unpaired) electrons. The van der Waals surface area contributed by atoms with E-state index in [-0.39, 0.29) is 6.61 Å². The summed E-state index contributed by atoms with van der Waals surface area (Å²) in [6.45, 7) is 9.64. The third-order valence-corrected chi connectivity index (χ3v) is 3.81. The van der Waals surface area contributed by atoms with Crippen LogP contribution in [-0.4, -0.2) is 47.6 Å². The number of alkyl carbamates (subject to hydrolysis) is 1. The van der Waals surface area contributed by atoms with Crippen molar-refractivity contribution in [3.63, 3.8) is 0 Å². The molecule has 1 aromatic rings. The van der Waals surface area contributed by atoms with Gasteiger partial charge >= 0.3 is 12.1 Å². The number of nitrogens with one attached hydrogen (secondary N) is 3. The lowest BCUT2D eigenvalue weighted by Gasteiger charge is -2.23. The van der Waals surface area contributed by atoms with E-state index in [9.17, 15) is 19.2 Å². The van der Waals surface area contributed by atoms with E-state index in [4.69, 9.17) is 9.47 Å². The summed E-state index contributed by atoms with van der Waals surface area (Å²) in [5.41, 5.74) is 0.134. The summed E-state index contributed by atoms with van der Waals surface area (Å²) < 4.78 is 10.3. The SMILES string of the molecule is CC(NC(=O)OC(C)(C)C)C(=O)NC(C)C(=O)NC(C)C(=O)OCc1ccccc1. The lowest BCUT2D eigenvalue weighted by Crippen LogP contribution is -2.54. The quantitative estimate of drug-likeness (QED) is 0.549. The average molecular weight is 421 g/mol. The standard InChI is InChI=1S/C21H31N3O6/c1-13(22-18(26)14(2)24-20(28)30-21(4,5)6)17(25)23-15(3)19(27)29-12-16-10-8-7-9-11-16/h7-11,13-15H,12H2,1-6H3,(H,22,26)(H,23,25)(H,24,28). The van der Waals surface area contributed by atoms with Crippen molar-refractivity contribution in [2.75, 3.05) is 0 Å². The molecule has 0 heterocycles. The van der Waals surface area contributed by atoms with Gasteiger partial charge in [-0.15, -0.1) is 0 Å². The van der Waals surface area contributed by atoms with Gasteiger partial charge in [0.1, 0.15) is 30.3 Å². The molecule has 0 aliphatic heterocycles. The Morgan fingerprint density at radius 2 is 1.33 bits per heavy atom. The number of hydrogen-bond donors (Lipinski definition) is 3. The molecule has 0 saturated carbocycles. The van der Waals surface area contributed by atoms with Crippen LogP contribution in [0.15, 0.2) is 30.3 Å². The number of carbonyl (C=O) groups excluding carboxylic acids is 4. The minimum Gasteiger partial charge on any atom is -0.459 e. The van der Waals surface area contributed by atoms with Crippen LogP contribution in [0.2, 0.25) is 0 Å². The van der Waals surface area contributed by atoms with Gasteiger partial charge in [-0.2, -0.15) is 0 Å². The number of esters is 1. The highest BCUT2D eigenvalue weighted by Crippen LogP contribution is 2.07. The van der Waals surface area contributed by atoms with E-state index >= 15 is 0 Å². The minimum atomic E-state index is -0.926. The Hall–Kier alpha value is -3.10. The van der Waals surface area contributed by atoms with Gasteiger partial charge in [-0.05, 0) is 47.1 Å². The third-order valence-electron chi connectivity index (χ3n) is 3.81. The molecular weight excluding hydrogens is 390 g/mol. The van der Waals surface area contributed by atoms with Crippen molar-refractivity contribution in [2.45, 2.75) is 71.9 Å². The van der Waals surface area contributed by atoms with Crippen LogP contribution in [0.4, 0.5) is 4.79 Å². The molecule has 0 aromatic heterocycles. The maximum absolute atomic E-state index is 12.3. The smallest absolute Gasteiger partial charge is 0.408 e. The van der Waals surface area contributed by atoms with Crippen LogP contribution in [0.5, 0.6) is 0 Å². The highest BCUT2D eigenvalue weighted by molar-refractivity contribution is 5.92. The van der Waals surface area contributed by atoms with Crippen molar-refractivity contribution in [3.05, 3.63) is 35.9 Å². The fourth-order valence-corrected chi connectivity index (χ4v) is 2.20. The van der Waals surface area contributed by atoms with Gasteiger partial charge in [0, 0.05) is 0 Å². The topological polar surface area (TPSA) is 123 Å². The number of rotatable bonds is 8. The summed E-state index contributed by atoms with van der Waals surface area (Å²) >= 11 is 0. The third kappa shape index (κ3) is 9.40. The molecule has 0 bridgehead atoms. The van der Waals surface area contributed by atoms with Crippen molar-refractivity contribution < 1.29 is 28.7 Å². The van der Waals surface area contributed by atoms with Crippen LogP contribution >= 0.6 is 0 Å². The summed E-state index contributed by atoms with van der Waals surface area (Å²) in [6.07, 6.45) is -0.739. The van der Waals surface area contributed by atoms with Crippen molar-refractivity contribution in [1.29, 1.82) is 0 Å². The monoisotopic (exact) mass is 421 g/mol. The zero-order chi connectivity index (χ0) is 22.9. The maximum Gasteiger partial charge on any atom is 0.408 e. The van der Waals surface area contributed by atoms with Crippen molar-refractivity contribution in [2.24, 2.45) is 0 Å². The van der Waals surface area contributed by atoms with Gasteiger partial charge < -0.3 is 25.4 Å². The predicted molar refractivity (Wildman–Crippen MR) is 110 cm³/mol. The van der Waals surface area contributed by atoms with Crippen LogP contribution in [-0.2, 0) is 30.5 Å². The van der Waals surface area contributed by atoms with Crippen molar-refractivity contribution >= 4 is 23.9 Å². The Morgan fingerprint density at radius 1 is 0.833 bits per heavy atom. The van der Waals surface area contributed by atoms with Gasteiger partial charge in [-0.3, -0.25) is 9.59 Å². The number of benzene rings is 1. The number of amides is 3. The first-order valence-corrected chi connectivity index (χ1v) is 9.70. The summed E-state index contributed by atoms with van der Waals surface area (Å²) in [6, 6.07) is 6.43. The fraction of sp³-hybridized carbons (Fsp3) is 0.524. The molecule has 3 unspecified atom stereocenters. The minimum absolute atomic E-state index is 0.0972. The second-order valence-electron chi connectivity index (χ2n) is 7.92. The molecule has 30 heavy (non-hydrogen) atoms. The first-order valence-electron chi connectivity index (χ1n) is 9.70. The Bertz CT molecular complexity index is 745. The van der Waals surface area contributed by atoms with Crippen LogP contribution < -0.4 is 16.0 Å². The first-order chi connectivity index (χ1) is 13.9. The zero-order valence-electron chi connectivity index (χ0n) is 18.3. The Kier molecular flexibility index (Phi) is 9.29. The van der Waals surface area contributed by atoms with Crippen molar-refractivity contribution in [3.8, 4) is 0 Å². The molecular formula is C21H31N3O6. The first kappa shape index (κ1) is 24.9. The molecule has 0 spiro atoms. The largest absolute Gasteiger partial charge is 0.459 e. The van der Waals surface area contributed by atoms with E-state index in [0.717, 1.165) is 5.56 Å². The summed E-state index contributed by atoms with van der Waals surface area (Å²) in [5.74, 6) is -1.72. The van der Waals surface area contributed by atoms with E-state index in [0.29, 0.717) is 0 Å². The van der Waals surface area contributed by atoms with Crippen LogP contribution in [0.3, 0.4) is 0 Å². The summed E-state index contributed by atoms with van der Waals surface area (Å²) in [4.78, 5) is 48.2. The molecule has 0 saturated heterocycles. The second-order valence-corrected chi connectivity index (χ2v) is 7.92. The average Bonchev–Trinajstić information content (AvgIpc) is 2.64. The molecule has 0 aliphatic carbocycles. The zero-order valence-corrected chi connectivity index (χ0v) is 18.3. The van der Waals surface area contributed by atoms with Crippen LogP contribution in [0.1, 0.15) is 47.1 Å². The number of ether oxygens (including phenoxy) is 2. The summed E-state index contributed by atoms with van der Waals surface area (Å²) in [7, 11) is 0. The lowest BCUT2D eigenvalue weighted by atomic mass is 10.2. The highest BCUT2D eigenvalue weighted by Gasteiger charge is 2.25. The van der Waals surface area contributed by atoms with Gasteiger partial charge in [-0.1, -0.05) is 30.3 Å². The fourth-order valence-electron chi connectivity index (χ4n) is 2.20. The Morgan fingerprint density at radius 3 is 1.87 bits per heavy atom.